The lowest BCUT2D eigenvalue weighted by Crippen LogP contribution is -2.48. The van der Waals surface area contributed by atoms with Crippen molar-refractivity contribution < 1.29 is 22.7 Å². The number of H-pyrrole nitrogens is 1. The third kappa shape index (κ3) is 4.34. The van der Waals surface area contributed by atoms with E-state index in [4.69, 9.17) is 4.74 Å². The predicted molar refractivity (Wildman–Crippen MR) is 84.7 cm³/mol. The van der Waals surface area contributed by atoms with E-state index in [1.54, 1.807) is 23.2 Å². The third-order valence-corrected chi connectivity index (χ3v) is 5.85. The second-order valence-electron chi connectivity index (χ2n) is 5.78. The highest BCUT2D eigenvalue weighted by atomic mass is 32.2. The van der Waals surface area contributed by atoms with Crippen LogP contribution in [0.1, 0.15) is 37.2 Å². The lowest BCUT2D eigenvalue weighted by atomic mass is 10.1. The van der Waals surface area contributed by atoms with Crippen LogP contribution in [0, 0.1) is 0 Å². The molecular formula is C15H22N2O5S. The molecule has 7 nitrogen and oxygen atoms in total. The van der Waals surface area contributed by atoms with Crippen LogP contribution in [-0.2, 0) is 19.4 Å². The summed E-state index contributed by atoms with van der Waals surface area (Å²) in [5, 5.41) is 0. The van der Waals surface area contributed by atoms with E-state index in [1.165, 1.54) is 0 Å². The molecule has 0 aliphatic carbocycles. The van der Waals surface area contributed by atoms with Crippen molar-refractivity contribution in [2.45, 2.75) is 38.8 Å². The van der Waals surface area contributed by atoms with Gasteiger partial charge in [-0.15, -0.1) is 0 Å². The smallest absolute Gasteiger partial charge is 0.355 e. The Kier molecular flexibility index (Phi) is 5.46. The molecule has 1 N–H and O–H groups in total. The van der Waals surface area contributed by atoms with Crippen molar-refractivity contribution in [3.8, 4) is 0 Å². The van der Waals surface area contributed by atoms with Gasteiger partial charge in [-0.3, -0.25) is 4.79 Å². The summed E-state index contributed by atoms with van der Waals surface area (Å²) in [5.41, 5.74) is 0.274. The van der Waals surface area contributed by atoms with Gasteiger partial charge in [0, 0.05) is 18.3 Å². The van der Waals surface area contributed by atoms with Gasteiger partial charge in [0.2, 0.25) is 0 Å². The number of sulfone groups is 1. The molecule has 0 unspecified atom stereocenters. The maximum Gasteiger partial charge on any atom is 0.355 e. The summed E-state index contributed by atoms with van der Waals surface area (Å²) in [6.45, 7) is 3.41. The number of rotatable bonds is 6. The Morgan fingerprint density at radius 2 is 2.22 bits per heavy atom. The summed E-state index contributed by atoms with van der Waals surface area (Å²) in [6.07, 6.45) is 2.73. The summed E-state index contributed by atoms with van der Waals surface area (Å²) in [7, 11) is -3.09. The van der Waals surface area contributed by atoms with Crippen LogP contribution in [-0.4, -0.2) is 60.4 Å². The second-order valence-corrected chi connectivity index (χ2v) is 8.00. The fraction of sp³-hybridized carbons (Fsp3) is 0.600. The number of nitrogens with zero attached hydrogens (tertiary/aromatic N) is 1. The first-order chi connectivity index (χ1) is 10.8. The average molecular weight is 342 g/mol. The van der Waals surface area contributed by atoms with Gasteiger partial charge in [-0.25, -0.2) is 13.2 Å². The van der Waals surface area contributed by atoms with Crippen molar-refractivity contribution in [3.05, 3.63) is 24.0 Å². The third-order valence-electron chi connectivity index (χ3n) is 4.10. The van der Waals surface area contributed by atoms with Gasteiger partial charge in [-0.1, -0.05) is 6.92 Å². The van der Waals surface area contributed by atoms with Crippen LogP contribution in [0.4, 0.5) is 0 Å². The van der Waals surface area contributed by atoms with Gasteiger partial charge in [0.15, 0.2) is 16.4 Å². The molecule has 128 valence electrons. The molecule has 1 aliphatic rings. The Morgan fingerprint density at radius 3 is 2.74 bits per heavy atom. The molecule has 1 aromatic rings. The number of hydrogen-bond donors (Lipinski definition) is 1. The van der Waals surface area contributed by atoms with E-state index < -0.39 is 22.4 Å². The van der Waals surface area contributed by atoms with E-state index in [0.29, 0.717) is 12.8 Å². The lowest BCUT2D eigenvalue weighted by Gasteiger charge is -2.33. The van der Waals surface area contributed by atoms with E-state index in [-0.39, 0.29) is 35.2 Å². The molecule has 2 rings (SSSR count). The summed E-state index contributed by atoms with van der Waals surface area (Å²) < 4.78 is 28.4. The standard InChI is InChI=1S/C15H22N2O5S/c1-3-11(2)17(12-6-8-23(20,21)10-12)14(18)9-22-15(19)13-5-4-7-16-13/h4-5,7,11-12,16H,3,6,8-10H2,1-2H3/t11-,12-/m0/s1. The summed E-state index contributed by atoms with van der Waals surface area (Å²) in [5.74, 6) is -0.888. The molecule has 0 bridgehead atoms. The van der Waals surface area contributed by atoms with Gasteiger partial charge < -0.3 is 14.6 Å². The zero-order chi connectivity index (χ0) is 17.0. The van der Waals surface area contributed by atoms with Gasteiger partial charge in [0.05, 0.1) is 11.5 Å². The highest BCUT2D eigenvalue weighted by Crippen LogP contribution is 2.21. The molecule has 23 heavy (non-hydrogen) atoms. The van der Waals surface area contributed by atoms with E-state index in [1.807, 2.05) is 13.8 Å². The van der Waals surface area contributed by atoms with E-state index >= 15 is 0 Å². The van der Waals surface area contributed by atoms with Crippen LogP contribution in [0.15, 0.2) is 18.3 Å². The fourth-order valence-corrected chi connectivity index (χ4v) is 4.45. The molecule has 1 aromatic heterocycles. The molecule has 0 radical (unpaired) electrons. The number of aromatic nitrogens is 1. The minimum atomic E-state index is -3.09. The molecule has 1 fully saturated rings. The Hall–Kier alpha value is -1.83. The molecule has 2 heterocycles. The topological polar surface area (TPSA) is 96.5 Å². The van der Waals surface area contributed by atoms with Gasteiger partial charge in [0.25, 0.3) is 5.91 Å². The Bertz CT molecular complexity index is 653. The van der Waals surface area contributed by atoms with Gasteiger partial charge in [0.1, 0.15) is 5.69 Å². The van der Waals surface area contributed by atoms with Gasteiger partial charge in [-0.2, -0.15) is 0 Å². The van der Waals surface area contributed by atoms with Crippen molar-refractivity contribution >= 4 is 21.7 Å². The molecule has 1 aliphatic heterocycles. The molecule has 0 saturated carbocycles. The molecule has 2 atom stereocenters. The summed E-state index contributed by atoms with van der Waals surface area (Å²) in [4.78, 5) is 28.5. The summed E-state index contributed by atoms with van der Waals surface area (Å²) >= 11 is 0. The van der Waals surface area contributed by atoms with Crippen LogP contribution in [0.3, 0.4) is 0 Å². The zero-order valence-corrected chi connectivity index (χ0v) is 14.1. The Balaban J connectivity index is 2.01. The molecule has 0 spiro atoms. The number of ether oxygens (including phenoxy) is 1. The number of nitrogens with one attached hydrogen (secondary N) is 1. The first-order valence-electron chi connectivity index (χ1n) is 7.66. The van der Waals surface area contributed by atoms with Crippen LogP contribution >= 0.6 is 0 Å². The molecule has 1 saturated heterocycles. The molecule has 0 aromatic carbocycles. The van der Waals surface area contributed by atoms with Crippen LogP contribution in [0.25, 0.3) is 0 Å². The largest absolute Gasteiger partial charge is 0.451 e. The number of esters is 1. The number of carbonyl (C=O) groups is 2. The van der Waals surface area contributed by atoms with Gasteiger partial charge in [-0.05, 0) is 31.9 Å². The van der Waals surface area contributed by atoms with Crippen molar-refractivity contribution in [2.24, 2.45) is 0 Å². The van der Waals surface area contributed by atoms with Gasteiger partial charge >= 0.3 is 5.97 Å². The van der Waals surface area contributed by atoms with Crippen molar-refractivity contribution in [1.29, 1.82) is 0 Å². The Morgan fingerprint density at radius 1 is 1.48 bits per heavy atom. The predicted octanol–water partition coefficient (Wildman–Crippen LogP) is 0.986. The van der Waals surface area contributed by atoms with Crippen LogP contribution in [0.2, 0.25) is 0 Å². The normalized spacial score (nSPS) is 20.9. The highest BCUT2D eigenvalue weighted by molar-refractivity contribution is 7.91. The monoisotopic (exact) mass is 342 g/mol. The summed E-state index contributed by atoms with van der Waals surface area (Å²) in [6, 6.07) is 2.77. The minimum absolute atomic E-state index is 0.0202. The van der Waals surface area contributed by atoms with E-state index in [2.05, 4.69) is 4.98 Å². The molecular weight excluding hydrogens is 320 g/mol. The van der Waals surface area contributed by atoms with Crippen molar-refractivity contribution in [1.82, 2.24) is 9.88 Å². The zero-order valence-electron chi connectivity index (χ0n) is 13.3. The first kappa shape index (κ1) is 17.5. The average Bonchev–Trinajstić information content (AvgIpc) is 3.14. The van der Waals surface area contributed by atoms with E-state index in [9.17, 15) is 18.0 Å². The highest BCUT2D eigenvalue weighted by Gasteiger charge is 2.36. The first-order valence-corrected chi connectivity index (χ1v) is 9.48. The minimum Gasteiger partial charge on any atom is -0.451 e. The van der Waals surface area contributed by atoms with Crippen LogP contribution in [0.5, 0.6) is 0 Å². The molecule has 1 amide bonds. The second kappa shape index (κ2) is 7.16. The fourth-order valence-electron chi connectivity index (χ4n) is 2.74. The number of amides is 1. The Labute approximate surface area is 135 Å². The number of carbonyl (C=O) groups excluding carboxylic acids is 2. The SMILES string of the molecule is CC[C@H](C)N(C(=O)COC(=O)c1ccc[nH]1)[C@H]1CCS(=O)(=O)C1. The number of hydrogen-bond acceptors (Lipinski definition) is 5. The maximum atomic E-state index is 12.5. The maximum absolute atomic E-state index is 12.5. The quantitative estimate of drug-likeness (QED) is 0.778. The number of aromatic amines is 1. The van der Waals surface area contributed by atoms with E-state index in [0.717, 1.165) is 0 Å². The molecule has 8 heteroatoms. The van der Waals surface area contributed by atoms with Crippen molar-refractivity contribution in [2.75, 3.05) is 18.1 Å². The van der Waals surface area contributed by atoms with Crippen molar-refractivity contribution in [3.63, 3.8) is 0 Å². The lowest BCUT2D eigenvalue weighted by molar-refractivity contribution is -0.138. The van der Waals surface area contributed by atoms with Crippen LogP contribution < -0.4 is 0 Å².